The van der Waals surface area contributed by atoms with E-state index >= 15 is 0 Å². The molecule has 4 nitrogen and oxygen atoms in total. The van der Waals surface area contributed by atoms with Crippen molar-refractivity contribution in [2.75, 3.05) is 0 Å². The molecule has 2 heterocycles. The van der Waals surface area contributed by atoms with Gasteiger partial charge in [0.05, 0.1) is 17.3 Å². The molecular formula is C17H13Cl2N3O. The standard InChI is InChI=1S/C17H12ClN3O.ClH/c18-10-14-15-12-8-4-5-9-13(12)19-17(22)16(15)20-21(14)11-6-2-1-3-7-11;/h1-9H,10H2,(H,19,22);1H. The van der Waals surface area contributed by atoms with Crippen molar-refractivity contribution in [3.8, 4) is 5.69 Å². The highest BCUT2D eigenvalue weighted by molar-refractivity contribution is 6.19. The number of H-pyrrole nitrogens is 1. The predicted molar refractivity (Wildman–Crippen MR) is 96.0 cm³/mol. The Kier molecular flexibility index (Phi) is 4.11. The van der Waals surface area contributed by atoms with E-state index in [-0.39, 0.29) is 23.8 Å². The Morgan fingerprint density at radius 2 is 1.74 bits per heavy atom. The molecule has 116 valence electrons. The summed E-state index contributed by atoms with van der Waals surface area (Å²) >= 11 is 6.18. The number of benzene rings is 2. The van der Waals surface area contributed by atoms with Gasteiger partial charge >= 0.3 is 0 Å². The summed E-state index contributed by atoms with van der Waals surface area (Å²) in [5.41, 5.74) is 2.72. The van der Waals surface area contributed by atoms with Gasteiger partial charge in [0.1, 0.15) is 0 Å². The maximum Gasteiger partial charge on any atom is 0.276 e. The zero-order valence-corrected chi connectivity index (χ0v) is 13.6. The minimum absolute atomic E-state index is 0. The van der Waals surface area contributed by atoms with Crippen molar-refractivity contribution in [1.29, 1.82) is 0 Å². The summed E-state index contributed by atoms with van der Waals surface area (Å²) in [5, 5.41) is 6.26. The Balaban J connectivity index is 0.00000156. The Labute approximate surface area is 143 Å². The van der Waals surface area contributed by atoms with Crippen molar-refractivity contribution in [3.05, 3.63) is 70.6 Å². The lowest BCUT2D eigenvalue weighted by Gasteiger charge is -2.05. The van der Waals surface area contributed by atoms with Gasteiger partial charge in [0, 0.05) is 16.3 Å². The molecule has 0 aliphatic rings. The lowest BCUT2D eigenvalue weighted by Crippen LogP contribution is -2.06. The van der Waals surface area contributed by atoms with Crippen molar-refractivity contribution in [3.63, 3.8) is 0 Å². The molecular weight excluding hydrogens is 333 g/mol. The van der Waals surface area contributed by atoms with Gasteiger partial charge in [-0.15, -0.1) is 24.0 Å². The van der Waals surface area contributed by atoms with Crippen molar-refractivity contribution < 1.29 is 0 Å². The van der Waals surface area contributed by atoms with Gasteiger partial charge in [-0.25, -0.2) is 4.68 Å². The van der Waals surface area contributed by atoms with Crippen LogP contribution >= 0.6 is 24.0 Å². The number of nitrogens with zero attached hydrogens (tertiary/aromatic N) is 2. The fraction of sp³-hybridized carbons (Fsp3) is 0.0588. The molecule has 0 fully saturated rings. The van der Waals surface area contributed by atoms with Crippen molar-refractivity contribution in [2.24, 2.45) is 0 Å². The molecule has 0 unspecified atom stereocenters. The Hall–Kier alpha value is -2.30. The maximum atomic E-state index is 12.3. The van der Waals surface area contributed by atoms with Crippen LogP contribution in [0.3, 0.4) is 0 Å². The lowest BCUT2D eigenvalue weighted by atomic mass is 10.1. The molecule has 6 heteroatoms. The van der Waals surface area contributed by atoms with E-state index in [1.165, 1.54) is 0 Å². The second-order valence-corrected chi connectivity index (χ2v) is 5.32. The number of rotatable bonds is 2. The van der Waals surface area contributed by atoms with Gasteiger partial charge in [-0.05, 0) is 18.2 Å². The second kappa shape index (κ2) is 6.07. The van der Waals surface area contributed by atoms with Crippen molar-refractivity contribution >= 4 is 45.8 Å². The van der Waals surface area contributed by atoms with Crippen molar-refractivity contribution in [1.82, 2.24) is 14.8 Å². The fourth-order valence-electron chi connectivity index (χ4n) is 2.79. The summed E-state index contributed by atoms with van der Waals surface area (Å²) in [6, 6.07) is 17.4. The number of para-hydroxylation sites is 2. The summed E-state index contributed by atoms with van der Waals surface area (Å²) in [6.45, 7) is 0. The summed E-state index contributed by atoms with van der Waals surface area (Å²) in [5.74, 6) is 0.277. The Morgan fingerprint density at radius 1 is 1.04 bits per heavy atom. The molecule has 0 amide bonds. The molecule has 4 rings (SSSR count). The molecule has 2 aromatic heterocycles. The number of halogens is 2. The maximum absolute atomic E-state index is 12.3. The van der Waals surface area contributed by atoms with Crippen molar-refractivity contribution in [2.45, 2.75) is 5.88 Å². The van der Waals surface area contributed by atoms with E-state index in [9.17, 15) is 4.79 Å². The molecule has 0 saturated heterocycles. The van der Waals surface area contributed by atoms with Gasteiger partial charge < -0.3 is 4.98 Å². The largest absolute Gasteiger partial charge is 0.320 e. The van der Waals surface area contributed by atoms with Crippen LogP contribution in [0.4, 0.5) is 0 Å². The first-order chi connectivity index (χ1) is 10.8. The van der Waals surface area contributed by atoms with Gasteiger partial charge in [-0.1, -0.05) is 36.4 Å². The topological polar surface area (TPSA) is 50.7 Å². The van der Waals surface area contributed by atoms with Gasteiger partial charge in [-0.3, -0.25) is 4.79 Å². The van der Waals surface area contributed by atoms with Gasteiger partial charge in [0.15, 0.2) is 5.52 Å². The highest BCUT2D eigenvalue weighted by Crippen LogP contribution is 2.27. The average molecular weight is 346 g/mol. The summed E-state index contributed by atoms with van der Waals surface area (Å²) in [4.78, 5) is 15.2. The molecule has 0 aliphatic heterocycles. The quantitative estimate of drug-likeness (QED) is 0.557. The number of hydrogen-bond acceptors (Lipinski definition) is 2. The molecule has 23 heavy (non-hydrogen) atoms. The first-order valence-corrected chi connectivity index (χ1v) is 7.47. The molecule has 2 aromatic carbocycles. The zero-order chi connectivity index (χ0) is 15.1. The smallest absolute Gasteiger partial charge is 0.276 e. The van der Waals surface area contributed by atoms with E-state index < -0.39 is 0 Å². The molecule has 4 aromatic rings. The van der Waals surface area contributed by atoms with Crippen LogP contribution in [0.2, 0.25) is 0 Å². The van der Waals surface area contributed by atoms with Crippen LogP contribution in [0.25, 0.3) is 27.5 Å². The number of pyridine rings is 1. The number of aromatic nitrogens is 3. The minimum atomic E-state index is -0.199. The molecule has 0 aliphatic carbocycles. The van der Waals surface area contributed by atoms with Crippen LogP contribution in [0.1, 0.15) is 5.69 Å². The minimum Gasteiger partial charge on any atom is -0.320 e. The van der Waals surface area contributed by atoms with E-state index in [0.717, 1.165) is 27.7 Å². The second-order valence-electron chi connectivity index (χ2n) is 5.05. The molecule has 0 atom stereocenters. The third-order valence-electron chi connectivity index (χ3n) is 3.77. The van der Waals surface area contributed by atoms with E-state index in [1.807, 2.05) is 54.6 Å². The first kappa shape index (κ1) is 15.6. The molecule has 0 radical (unpaired) electrons. The third-order valence-corrected chi connectivity index (χ3v) is 4.02. The molecule has 0 bridgehead atoms. The van der Waals surface area contributed by atoms with Gasteiger partial charge in [-0.2, -0.15) is 5.10 Å². The first-order valence-electron chi connectivity index (χ1n) is 6.93. The molecule has 0 saturated carbocycles. The molecule has 1 N–H and O–H groups in total. The van der Waals surface area contributed by atoms with E-state index in [4.69, 9.17) is 11.6 Å². The van der Waals surface area contributed by atoms with Gasteiger partial charge in [0.25, 0.3) is 5.56 Å². The summed E-state index contributed by atoms with van der Waals surface area (Å²) in [7, 11) is 0. The lowest BCUT2D eigenvalue weighted by molar-refractivity contribution is 0.852. The molecule has 0 spiro atoms. The number of alkyl halides is 1. The number of hydrogen-bond donors (Lipinski definition) is 1. The van der Waals surface area contributed by atoms with Crippen LogP contribution in [0.15, 0.2) is 59.4 Å². The van der Waals surface area contributed by atoms with Crippen LogP contribution in [0.5, 0.6) is 0 Å². The van der Waals surface area contributed by atoms with E-state index in [0.29, 0.717) is 5.52 Å². The Morgan fingerprint density at radius 3 is 2.48 bits per heavy atom. The van der Waals surface area contributed by atoms with Crippen LogP contribution < -0.4 is 5.56 Å². The number of nitrogens with one attached hydrogen (secondary N) is 1. The Bertz CT molecular complexity index is 1040. The van der Waals surface area contributed by atoms with E-state index in [2.05, 4.69) is 10.1 Å². The average Bonchev–Trinajstić information content (AvgIpc) is 2.96. The highest BCUT2D eigenvalue weighted by atomic mass is 35.5. The van der Waals surface area contributed by atoms with Crippen LogP contribution in [-0.2, 0) is 5.88 Å². The predicted octanol–water partition coefficient (Wildman–Crippen LogP) is 4.03. The van der Waals surface area contributed by atoms with Gasteiger partial charge in [0.2, 0.25) is 0 Å². The summed E-state index contributed by atoms with van der Waals surface area (Å²) in [6.07, 6.45) is 0. The fourth-order valence-corrected chi connectivity index (χ4v) is 3.04. The highest BCUT2D eigenvalue weighted by Gasteiger charge is 2.17. The normalized spacial score (nSPS) is 10.8. The summed E-state index contributed by atoms with van der Waals surface area (Å²) < 4.78 is 1.75. The van der Waals surface area contributed by atoms with Crippen LogP contribution in [0, 0.1) is 0 Å². The zero-order valence-electron chi connectivity index (χ0n) is 12.0. The SMILES string of the molecule is Cl.O=c1[nH]c2ccccc2c2c(CCl)n(-c3ccccc3)nc12. The van der Waals surface area contributed by atoms with Crippen LogP contribution in [-0.4, -0.2) is 14.8 Å². The number of fused-ring (bicyclic) bond motifs is 3. The number of aromatic amines is 1. The third kappa shape index (κ3) is 2.40. The van der Waals surface area contributed by atoms with E-state index in [1.54, 1.807) is 4.68 Å². The monoisotopic (exact) mass is 345 g/mol.